The summed E-state index contributed by atoms with van der Waals surface area (Å²) in [6, 6.07) is 0. The van der Waals surface area contributed by atoms with Crippen molar-refractivity contribution in [1.82, 2.24) is 0 Å². The summed E-state index contributed by atoms with van der Waals surface area (Å²) in [6.45, 7) is 10.2. The molecule has 0 amide bonds. The molecule has 6 heteroatoms. The summed E-state index contributed by atoms with van der Waals surface area (Å²) in [5.41, 5.74) is 0. The Bertz CT molecular complexity index is 88.9. The molecule has 0 radical (unpaired) electrons. The summed E-state index contributed by atoms with van der Waals surface area (Å²) >= 11 is 0. The Hall–Kier alpha value is -0.420. The smallest absolute Gasteiger partial charge is 0.171 e. The summed E-state index contributed by atoms with van der Waals surface area (Å²) in [5, 5.41) is 0. The number of halogens is 6. The van der Waals surface area contributed by atoms with Crippen molar-refractivity contribution in [2.45, 2.75) is 66.7 Å². The minimum absolute atomic E-state index is 0.729. The third-order valence-electron chi connectivity index (χ3n) is 0.802. The van der Waals surface area contributed by atoms with Crippen LogP contribution in [-0.4, -0.2) is 12.4 Å². The summed E-state index contributed by atoms with van der Waals surface area (Å²) in [5.74, 6) is 0. The van der Waals surface area contributed by atoms with Crippen LogP contribution in [0.25, 0.3) is 0 Å². The normalized spacial score (nSPS) is 9.75. The van der Waals surface area contributed by atoms with Crippen molar-refractivity contribution >= 4 is 0 Å². The van der Waals surface area contributed by atoms with E-state index < -0.39 is 25.2 Å². The van der Waals surface area contributed by atoms with Gasteiger partial charge >= 0.3 is 12.4 Å². The first-order chi connectivity index (χ1) is 7.12. The highest BCUT2D eigenvalue weighted by Gasteiger charge is 2.23. The van der Waals surface area contributed by atoms with Crippen molar-refractivity contribution < 1.29 is 26.3 Å². The Morgan fingerprint density at radius 2 is 0.625 bits per heavy atom. The average Bonchev–Trinajstić information content (AvgIpc) is 2.23. The van der Waals surface area contributed by atoms with Crippen LogP contribution in [0.2, 0.25) is 0 Å². The fourth-order valence-corrected chi connectivity index (χ4v) is 0. The first-order valence-corrected chi connectivity index (χ1v) is 5.26. The minimum atomic E-state index is -3.96. The van der Waals surface area contributed by atoms with Crippen molar-refractivity contribution in [3.63, 3.8) is 0 Å². The van der Waals surface area contributed by atoms with Gasteiger partial charge in [0.25, 0.3) is 0 Å². The zero-order valence-corrected chi connectivity index (χ0v) is 10.7. The monoisotopic (exact) mass is 256 g/mol. The summed E-state index contributed by atoms with van der Waals surface area (Å²) in [6.07, 6.45) is -9.38. The molecule has 104 valence electrons. The molecule has 0 heterocycles. The molecular weight excluding hydrogens is 234 g/mol. The van der Waals surface area contributed by atoms with Gasteiger partial charge in [0, 0.05) is 12.8 Å². The lowest BCUT2D eigenvalue weighted by Gasteiger charge is -1.96. The van der Waals surface area contributed by atoms with E-state index in [2.05, 4.69) is 0 Å². The first kappa shape index (κ1) is 24.7. The second kappa shape index (κ2) is 14.6. The number of hydrogen-bond acceptors (Lipinski definition) is 0. The van der Waals surface area contributed by atoms with Gasteiger partial charge in [-0.15, -0.1) is 0 Å². The maximum absolute atomic E-state index is 10.8. The fourth-order valence-electron chi connectivity index (χ4n) is 0. The van der Waals surface area contributed by atoms with Gasteiger partial charge in [-0.3, -0.25) is 0 Å². The molecule has 0 saturated carbocycles. The van der Waals surface area contributed by atoms with Gasteiger partial charge in [-0.1, -0.05) is 41.5 Å². The summed E-state index contributed by atoms with van der Waals surface area (Å²) in [7, 11) is 0. The van der Waals surface area contributed by atoms with E-state index in [1.807, 2.05) is 27.7 Å². The van der Waals surface area contributed by atoms with Crippen LogP contribution in [0.5, 0.6) is 0 Å². The van der Waals surface area contributed by atoms with E-state index in [0.717, 1.165) is 13.8 Å². The summed E-state index contributed by atoms with van der Waals surface area (Å²) < 4.78 is 64.7. The topological polar surface area (TPSA) is 0 Å². The second-order valence-corrected chi connectivity index (χ2v) is 1.94. The van der Waals surface area contributed by atoms with Crippen LogP contribution in [0.1, 0.15) is 54.4 Å². The third-order valence-corrected chi connectivity index (χ3v) is 0.802. The maximum Gasteiger partial charge on any atom is 0.388 e. The molecule has 0 nitrogen and oxygen atoms in total. The maximum atomic E-state index is 10.8. The molecule has 0 fully saturated rings. The molecule has 0 unspecified atom stereocenters. The largest absolute Gasteiger partial charge is 0.388 e. The van der Waals surface area contributed by atoms with Crippen LogP contribution >= 0.6 is 0 Å². The van der Waals surface area contributed by atoms with E-state index in [1.54, 1.807) is 0 Å². The Balaban J connectivity index is -0.0000000686. The number of hydrogen-bond donors (Lipinski definition) is 0. The zero-order valence-electron chi connectivity index (χ0n) is 10.7. The van der Waals surface area contributed by atoms with Gasteiger partial charge in [0.2, 0.25) is 0 Å². The van der Waals surface area contributed by atoms with Crippen molar-refractivity contribution in [3.05, 3.63) is 0 Å². The van der Waals surface area contributed by atoms with Gasteiger partial charge in [0.05, 0.1) is 0 Å². The molecule has 0 bridgehead atoms. The predicted molar refractivity (Wildman–Crippen MR) is 55.4 cm³/mol. The highest BCUT2D eigenvalue weighted by atomic mass is 19.4. The first-order valence-electron chi connectivity index (χ1n) is 5.26. The van der Waals surface area contributed by atoms with E-state index in [4.69, 9.17) is 0 Å². The average molecular weight is 256 g/mol. The Morgan fingerprint density at radius 3 is 0.625 bits per heavy atom. The minimum Gasteiger partial charge on any atom is -0.171 e. The highest BCUT2D eigenvalue weighted by Crippen LogP contribution is 2.17. The molecule has 16 heavy (non-hydrogen) atoms. The van der Waals surface area contributed by atoms with E-state index >= 15 is 0 Å². The quantitative estimate of drug-likeness (QED) is 0.468. The molecule has 0 rings (SSSR count). The number of rotatable bonds is 0. The van der Waals surface area contributed by atoms with Crippen LogP contribution in [0.4, 0.5) is 26.3 Å². The van der Waals surface area contributed by atoms with Gasteiger partial charge in [0.1, 0.15) is 0 Å². The van der Waals surface area contributed by atoms with Gasteiger partial charge in [-0.2, -0.15) is 26.3 Å². The van der Waals surface area contributed by atoms with Crippen LogP contribution in [-0.2, 0) is 0 Å². The molecule has 0 atom stereocenters. The number of alkyl halides is 6. The van der Waals surface area contributed by atoms with Crippen LogP contribution < -0.4 is 0 Å². The lowest BCUT2D eigenvalue weighted by molar-refractivity contribution is -0.131. The predicted octanol–water partition coefficient (Wildman–Crippen LogP) is 5.97. The molecular formula is C10H22F6. The van der Waals surface area contributed by atoms with Crippen molar-refractivity contribution in [3.8, 4) is 0 Å². The standard InChI is InChI=1S/2C3H5F3.2C2H6/c2*1-2-3(4,5)6;2*1-2/h2*2H2,1H3;2*1-2H3. The van der Waals surface area contributed by atoms with Gasteiger partial charge in [-0.05, 0) is 0 Å². The van der Waals surface area contributed by atoms with Gasteiger partial charge < -0.3 is 0 Å². The molecule has 0 aliphatic carbocycles. The van der Waals surface area contributed by atoms with Crippen molar-refractivity contribution in [2.75, 3.05) is 0 Å². The Kier molecular flexibility index (Phi) is 22.5. The van der Waals surface area contributed by atoms with E-state index in [1.165, 1.54) is 0 Å². The van der Waals surface area contributed by atoms with Crippen LogP contribution in [0, 0.1) is 0 Å². The zero-order chi connectivity index (χ0) is 14.4. The lowest BCUT2D eigenvalue weighted by Crippen LogP contribution is -2.02. The fraction of sp³-hybridized carbons (Fsp3) is 1.00. The molecule has 0 N–H and O–H groups in total. The van der Waals surface area contributed by atoms with Gasteiger partial charge in [-0.25, -0.2) is 0 Å². The molecule has 0 spiro atoms. The van der Waals surface area contributed by atoms with Crippen LogP contribution in [0.3, 0.4) is 0 Å². The van der Waals surface area contributed by atoms with Crippen molar-refractivity contribution in [2.24, 2.45) is 0 Å². The van der Waals surface area contributed by atoms with E-state index in [0.29, 0.717) is 0 Å². The Morgan fingerprint density at radius 1 is 0.562 bits per heavy atom. The van der Waals surface area contributed by atoms with E-state index in [9.17, 15) is 26.3 Å². The second-order valence-electron chi connectivity index (χ2n) is 1.94. The van der Waals surface area contributed by atoms with E-state index in [-0.39, 0.29) is 0 Å². The molecule has 0 aliphatic rings. The van der Waals surface area contributed by atoms with Crippen molar-refractivity contribution in [1.29, 1.82) is 0 Å². The molecule has 0 aromatic heterocycles. The summed E-state index contributed by atoms with van der Waals surface area (Å²) in [4.78, 5) is 0. The Labute approximate surface area is 94.0 Å². The third kappa shape index (κ3) is 69.0. The highest BCUT2D eigenvalue weighted by molar-refractivity contribution is 4.39. The molecule has 0 aromatic rings. The lowest BCUT2D eigenvalue weighted by atomic mass is 10.5. The molecule has 0 saturated heterocycles. The van der Waals surface area contributed by atoms with Gasteiger partial charge in [0.15, 0.2) is 0 Å². The molecule has 0 aromatic carbocycles. The SMILES string of the molecule is CC.CC.CCC(F)(F)F.CCC(F)(F)F. The van der Waals surface area contributed by atoms with Crippen LogP contribution in [0.15, 0.2) is 0 Å². The molecule has 0 aliphatic heterocycles.